The quantitative estimate of drug-likeness (QED) is 0.667. The topological polar surface area (TPSA) is 34.1 Å². The number of ketones is 2. The monoisotopic (exact) mass is 274 g/mol. The minimum Gasteiger partial charge on any atom is -0.299 e. The van der Waals surface area contributed by atoms with Gasteiger partial charge < -0.3 is 0 Å². The molecule has 110 valence electrons. The van der Waals surface area contributed by atoms with Crippen LogP contribution in [0.15, 0.2) is 11.1 Å². The second-order valence-electron chi connectivity index (χ2n) is 7.65. The summed E-state index contributed by atoms with van der Waals surface area (Å²) in [6.45, 7) is 6.33. The molecule has 3 aliphatic carbocycles. The summed E-state index contributed by atoms with van der Waals surface area (Å²) in [7, 11) is 0. The molecular formula is C18H26O2. The maximum absolute atomic E-state index is 13.0. The Hall–Kier alpha value is -0.920. The van der Waals surface area contributed by atoms with Crippen molar-refractivity contribution in [2.24, 2.45) is 23.2 Å². The van der Waals surface area contributed by atoms with Crippen LogP contribution in [0.2, 0.25) is 0 Å². The van der Waals surface area contributed by atoms with Gasteiger partial charge in [-0.1, -0.05) is 32.3 Å². The molecule has 2 heteroatoms. The second-order valence-corrected chi connectivity index (χ2v) is 7.65. The Morgan fingerprint density at radius 2 is 1.75 bits per heavy atom. The minimum absolute atomic E-state index is 0.0658. The van der Waals surface area contributed by atoms with Crippen molar-refractivity contribution in [1.29, 1.82) is 0 Å². The van der Waals surface area contributed by atoms with Crippen molar-refractivity contribution in [3.05, 3.63) is 11.1 Å². The van der Waals surface area contributed by atoms with Crippen LogP contribution in [0, 0.1) is 23.2 Å². The Morgan fingerprint density at radius 1 is 1.05 bits per heavy atom. The molecule has 2 bridgehead atoms. The van der Waals surface area contributed by atoms with Gasteiger partial charge in [0.15, 0.2) is 5.78 Å². The Bertz CT molecular complexity index is 484. The number of allylic oxidation sites excluding steroid dienone is 2. The van der Waals surface area contributed by atoms with E-state index in [0.717, 1.165) is 37.7 Å². The molecule has 3 atom stereocenters. The predicted molar refractivity (Wildman–Crippen MR) is 79.3 cm³/mol. The number of hydrogen-bond donors (Lipinski definition) is 0. The summed E-state index contributed by atoms with van der Waals surface area (Å²) >= 11 is 0. The number of fused-ring (bicyclic) bond motifs is 3. The highest BCUT2D eigenvalue weighted by Crippen LogP contribution is 2.51. The van der Waals surface area contributed by atoms with Gasteiger partial charge in [-0.2, -0.15) is 0 Å². The molecule has 0 aromatic heterocycles. The Morgan fingerprint density at radius 3 is 2.50 bits per heavy atom. The van der Waals surface area contributed by atoms with Gasteiger partial charge >= 0.3 is 0 Å². The first kappa shape index (κ1) is 14.0. The average Bonchev–Trinajstić information content (AvgIpc) is 2.37. The molecule has 20 heavy (non-hydrogen) atoms. The average molecular weight is 274 g/mol. The maximum Gasteiger partial charge on any atom is 0.159 e. The van der Waals surface area contributed by atoms with Gasteiger partial charge in [0.1, 0.15) is 5.78 Å². The van der Waals surface area contributed by atoms with Gasteiger partial charge in [0.25, 0.3) is 0 Å². The standard InChI is InChI=1S/C18H26O2/c1-11-8-9-14-17(20)13-7-5-4-6-12(13)10-15(19)16(11)18(14,2)3/h12-14H,4-10H2,1-3H3/t12-,13+,14-/m0/s1. The van der Waals surface area contributed by atoms with Crippen LogP contribution in [-0.2, 0) is 9.59 Å². The van der Waals surface area contributed by atoms with Gasteiger partial charge in [0.2, 0.25) is 0 Å². The third-order valence-electron chi connectivity index (χ3n) is 6.09. The number of carbonyl (C=O) groups is 2. The first-order chi connectivity index (χ1) is 9.43. The van der Waals surface area contributed by atoms with E-state index in [1.807, 2.05) is 0 Å². The maximum atomic E-state index is 13.0. The van der Waals surface area contributed by atoms with Crippen molar-refractivity contribution in [2.45, 2.75) is 65.7 Å². The number of carbonyl (C=O) groups excluding carboxylic acids is 2. The van der Waals surface area contributed by atoms with E-state index in [9.17, 15) is 9.59 Å². The van der Waals surface area contributed by atoms with Gasteiger partial charge in [-0.3, -0.25) is 9.59 Å². The van der Waals surface area contributed by atoms with Gasteiger partial charge in [-0.05, 0) is 38.5 Å². The third kappa shape index (κ3) is 1.99. The van der Waals surface area contributed by atoms with E-state index in [4.69, 9.17) is 0 Å². The normalized spacial score (nSPS) is 37.2. The summed E-state index contributed by atoms with van der Waals surface area (Å²) in [5.41, 5.74) is 1.98. The van der Waals surface area contributed by atoms with E-state index in [1.54, 1.807) is 0 Å². The van der Waals surface area contributed by atoms with Gasteiger partial charge in [-0.15, -0.1) is 0 Å². The van der Waals surface area contributed by atoms with E-state index in [1.165, 1.54) is 12.0 Å². The van der Waals surface area contributed by atoms with Crippen LogP contribution in [-0.4, -0.2) is 11.6 Å². The molecule has 3 aliphatic rings. The lowest BCUT2D eigenvalue weighted by Gasteiger charge is -2.46. The zero-order valence-corrected chi connectivity index (χ0v) is 13.0. The number of Topliss-reactive ketones (excluding diaryl/α,β-unsaturated/α-hetero) is 2. The van der Waals surface area contributed by atoms with E-state index in [2.05, 4.69) is 20.8 Å². The molecule has 0 N–H and O–H groups in total. The van der Waals surface area contributed by atoms with Crippen LogP contribution in [0.25, 0.3) is 0 Å². The van der Waals surface area contributed by atoms with Gasteiger partial charge in [-0.25, -0.2) is 0 Å². The van der Waals surface area contributed by atoms with E-state index < -0.39 is 0 Å². The fraction of sp³-hybridized carbons (Fsp3) is 0.778. The molecule has 0 saturated heterocycles. The smallest absolute Gasteiger partial charge is 0.159 e. The van der Waals surface area contributed by atoms with Crippen molar-refractivity contribution in [2.75, 3.05) is 0 Å². The molecular weight excluding hydrogens is 248 g/mol. The molecule has 2 fully saturated rings. The lowest BCUT2D eigenvalue weighted by atomic mass is 9.56. The van der Waals surface area contributed by atoms with Crippen molar-refractivity contribution >= 4 is 11.6 Å². The summed E-state index contributed by atoms with van der Waals surface area (Å²) in [5.74, 6) is 1.36. The number of hydrogen-bond acceptors (Lipinski definition) is 2. The highest BCUT2D eigenvalue weighted by molar-refractivity contribution is 6.01. The van der Waals surface area contributed by atoms with E-state index in [-0.39, 0.29) is 17.3 Å². The highest BCUT2D eigenvalue weighted by Gasteiger charge is 2.49. The lowest BCUT2D eigenvalue weighted by molar-refractivity contribution is -0.136. The molecule has 0 aromatic rings. The predicted octanol–water partition coefficient (Wildman–Crippen LogP) is 4.09. The summed E-state index contributed by atoms with van der Waals surface area (Å²) < 4.78 is 0. The van der Waals surface area contributed by atoms with Crippen LogP contribution < -0.4 is 0 Å². The molecule has 0 aliphatic heterocycles. The van der Waals surface area contributed by atoms with Crippen molar-refractivity contribution in [3.8, 4) is 0 Å². The van der Waals surface area contributed by atoms with Gasteiger partial charge in [0, 0.05) is 29.2 Å². The minimum atomic E-state index is -0.251. The Kier molecular flexibility index (Phi) is 3.38. The lowest BCUT2D eigenvalue weighted by Crippen LogP contribution is -2.46. The molecule has 0 heterocycles. The molecule has 3 rings (SSSR count). The van der Waals surface area contributed by atoms with Crippen LogP contribution in [0.3, 0.4) is 0 Å². The summed E-state index contributed by atoms with van der Waals surface area (Å²) in [4.78, 5) is 25.8. The molecule has 0 radical (unpaired) electrons. The SMILES string of the molecule is CC1=C2C(=O)C[C@@H]3CCCC[C@H]3C(=O)[C@H](CC1)C2(C)C. The fourth-order valence-corrected chi connectivity index (χ4v) is 5.09. The number of rotatable bonds is 0. The molecule has 0 spiro atoms. The first-order valence-corrected chi connectivity index (χ1v) is 8.20. The molecule has 2 nitrogen and oxygen atoms in total. The van der Waals surface area contributed by atoms with Crippen molar-refractivity contribution in [1.82, 2.24) is 0 Å². The summed E-state index contributed by atoms with van der Waals surface area (Å²) in [5, 5.41) is 0. The molecule has 0 aromatic carbocycles. The molecule has 0 unspecified atom stereocenters. The first-order valence-electron chi connectivity index (χ1n) is 8.20. The van der Waals surface area contributed by atoms with Crippen LogP contribution >= 0.6 is 0 Å². The Labute approximate surface area is 122 Å². The molecule has 2 saturated carbocycles. The van der Waals surface area contributed by atoms with Crippen molar-refractivity contribution < 1.29 is 9.59 Å². The second kappa shape index (κ2) is 4.82. The van der Waals surface area contributed by atoms with Crippen LogP contribution in [0.5, 0.6) is 0 Å². The summed E-state index contributed by atoms with van der Waals surface area (Å²) in [6, 6.07) is 0. The van der Waals surface area contributed by atoms with Gasteiger partial charge in [0.05, 0.1) is 0 Å². The zero-order chi connectivity index (χ0) is 14.5. The summed E-state index contributed by atoms with van der Waals surface area (Å²) in [6.07, 6.45) is 6.92. The highest BCUT2D eigenvalue weighted by atomic mass is 16.1. The zero-order valence-electron chi connectivity index (χ0n) is 13.0. The fourth-order valence-electron chi connectivity index (χ4n) is 5.09. The van der Waals surface area contributed by atoms with Crippen molar-refractivity contribution in [3.63, 3.8) is 0 Å². The van der Waals surface area contributed by atoms with E-state index in [0.29, 0.717) is 23.9 Å². The van der Waals surface area contributed by atoms with Crippen LogP contribution in [0.4, 0.5) is 0 Å². The Balaban J connectivity index is 2.07. The largest absolute Gasteiger partial charge is 0.299 e. The third-order valence-corrected chi connectivity index (χ3v) is 6.09. The van der Waals surface area contributed by atoms with Crippen LogP contribution in [0.1, 0.15) is 65.7 Å². The van der Waals surface area contributed by atoms with E-state index >= 15 is 0 Å². The molecule has 0 amide bonds.